The number of imide groups is 1. The molecule has 0 atom stereocenters. The van der Waals surface area contributed by atoms with Crippen molar-refractivity contribution in [2.75, 3.05) is 4.90 Å². The average molecular weight is 278 g/mol. The first-order valence-corrected chi connectivity index (χ1v) is 7.22. The quantitative estimate of drug-likeness (QED) is 0.753. The molecule has 1 aliphatic heterocycles. The summed E-state index contributed by atoms with van der Waals surface area (Å²) in [6.45, 7) is 0. The van der Waals surface area contributed by atoms with E-state index in [1.165, 1.54) is 4.90 Å². The summed E-state index contributed by atoms with van der Waals surface area (Å²) >= 11 is 0. The Morgan fingerprint density at radius 3 is 2.29 bits per heavy atom. The van der Waals surface area contributed by atoms with Crippen molar-refractivity contribution in [3.8, 4) is 0 Å². The molecule has 0 fully saturated rings. The van der Waals surface area contributed by atoms with Gasteiger partial charge >= 0.3 is 0 Å². The van der Waals surface area contributed by atoms with Crippen LogP contribution in [0.25, 0.3) is 10.9 Å². The molecule has 1 aromatic carbocycles. The number of nitrogens with zero attached hydrogens (tertiary/aromatic N) is 2. The van der Waals surface area contributed by atoms with Gasteiger partial charge in [-0.1, -0.05) is 18.2 Å². The van der Waals surface area contributed by atoms with Crippen molar-refractivity contribution in [3.63, 3.8) is 0 Å². The Balaban J connectivity index is 1.87. The molecule has 0 spiro atoms. The molecule has 0 saturated carbocycles. The summed E-state index contributed by atoms with van der Waals surface area (Å²) in [6.07, 6.45) is 5.09. The van der Waals surface area contributed by atoms with Crippen LogP contribution in [0.15, 0.2) is 47.7 Å². The Morgan fingerprint density at radius 2 is 1.57 bits per heavy atom. The lowest BCUT2D eigenvalue weighted by molar-refractivity contribution is -0.120. The third-order valence-electron chi connectivity index (χ3n) is 4.24. The molecule has 1 aliphatic carbocycles. The van der Waals surface area contributed by atoms with Gasteiger partial charge in [0.05, 0.1) is 11.2 Å². The van der Waals surface area contributed by atoms with E-state index in [0.717, 1.165) is 18.2 Å². The lowest BCUT2D eigenvalue weighted by Gasteiger charge is -2.16. The molecule has 2 aromatic rings. The van der Waals surface area contributed by atoms with Crippen LogP contribution in [0.5, 0.6) is 0 Å². The number of fused-ring (bicyclic) bond motifs is 1. The first-order chi connectivity index (χ1) is 10.3. The summed E-state index contributed by atoms with van der Waals surface area (Å²) in [5.74, 6) is -0.319. The second-order valence-corrected chi connectivity index (χ2v) is 5.46. The smallest absolute Gasteiger partial charge is 0.261 e. The van der Waals surface area contributed by atoms with Crippen LogP contribution in [-0.2, 0) is 9.59 Å². The van der Waals surface area contributed by atoms with Crippen LogP contribution in [0.4, 0.5) is 5.69 Å². The monoisotopic (exact) mass is 278 g/mol. The van der Waals surface area contributed by atoms with E-state index in [2.05, 4.69) is 4.98 Å². The van der Waals surface area contributed by atoms with Crippen molar-refractivity contribution in [1.29, 1.82) is 0 Å². The minimum Gasteiger partial charge on any atom is -0.269 e. The van der Waals surface area contributed by atoms with Crippen LogP contribution in [0.2, 0.25) is 0 Å². The van der Waals surface area contributed by atoms with Gasteiger partial charge in [0.2, 0.25) is 0 Å². The summed E-state index contributed by atoms with van der Waals surface area (Å²) in [6, 6.07) is 9.37. The number of pyridine rings is 1. The second kappa shape index (κ2) is 4.52. The summed E-state index contributed by atoms with van der Waals surface area (Å²) in [4.78, 5) is 30.9. The molecule has 0 unspecified atom stereocenters. The molecule has 4 nitrogen and oxygen atoms in total. The zero-order valence-electron chi connectivity index (χ0n) is 11.5. The highest BCUT2D eigenvalue weighted by atomic mass is 16.2. The fraction of sp³-hybridized carbons (Fsp3) is 0.235. The van der Waals surface area contributed by atoms with Gasteiger partial charge in [-0.05, 0) is 37.8 Å². The molecule has 0 radical (unpaired) electrons. The highest BCUT2D eigenvalue weighted by Crippen LogP contribution is 2.37. The van der Waals surface area contributed by atoms with Crippen LogP contribution in [-0.4, -0.2) is 16.8 Å². The Kier molecular flexibility index (Phi) is 2.64. The highest BCUT2D eigenvalue weighted by Gasteiger charge is 2.40. The summed E-state index contributed by atoms with van der Waals surface area (Å²) in [5, 5.41) is 0.931. The van der Waals surface area contributed by atoms with Crippen molar-refractivity contribution < 1.29 is 9.59 Å². The number of hydrogen-bond acceptors (Lipinski definition) is 3. The number of para-hydroxylation sites is 1. The molecule has 2 aliphatic rings. The van der Waals surface area contributed by atoms with E-state index in [4.69, 9.17) is 0 Å². The van der Waals surface area contributed by atoms with E-state index in [0.29, 0.717) is 35.2 Å². The molecule has 0 bridgehead atoms. The van der Waals surface area contributed by atoms with Gasteiger partial charge in [-0.25, -0.2) is 4.90 Å². The number of rotatable bonds is 1. The first-order valence-electron chi connectivity index (χ1n) is 7.22. The molecule has 4 heteroatoms. The van der Waals surface area contributed by atoms with E-state index < -0.39 is 0 Å². The number of aromatic nitrogens is 1. The van der Waals surface area contributed by atoms with Crippen molar-refractivity contribution in [2.45, 2.75) is 25.7 Å². The van der Waals surface area contributed by atoms with E-state index in [9.17, 15) is 9.59 Å². The van der Waals surface area contributed by atoms with Gasteiger partial charge in [0.1, 0.15) is 0 Å². The Hall–Kier alpha value is -2.49. The van der Waals surface area contributed by atoms with Crippen LogP contribution in [0.3, 0.4) is 0 Å². The zero-order valence-corrected chi connectivity index (χ0v) is 11.5. The third kappa shape index (κ3) is 1.72. The van der Waals surface area contributed by atoms with Crippen LogP contribution in [0.1, 0.15) is 25.7 Å². The third-order valence-corrected chi connectivity index (χ3v) is 4.24. The Bertz CT molecular complexity index is 774. The maximum absolute atomic E-state index is 12.6. The SMILES string of the molecule is O=C1C2=C(CCCC2)C(=O)N1c1cccc2cccnc12. The predicted octanol–water partition coefficient (Wildman–Crippen LogP) is 2.98. The first kappa shape index (κ1) is 12.3. The molecule has 4 rings (SSSR count). The van der Waals surface area contributed by atoms with Gasteiger partial charge in [-0.2, -0.15) is 0 Å². The molecule has 2 amide bonds. The second-order valence-electron chi connectivity index (χ2n) is 5.46. The lowest BCUT2D eigenvalue weighted by Crippen LogP contribution is -2.31. The minimum absolute atomic E-state index is 0.159. The number of carbonyl (C=O) groups excluding carboxylic acids is 2. The van der Waals surface area contributed by atoms with E-state index in [-0.39, 0.29) is 11.8 Å². The minimum atomic E-state index is -0.159. The van der Waals surface area contributed by atoms with Gasteiger partial charge in [0.15, 0.2) is 0 Å². The summed E-state index contributed by atoms with van der Waals surface area (Å²) in [7, 11) is 0. The number of amides is 2. The van der Waals surface area contributed by atoms with Crippen molar-refractivity contribution in [3.05, 3.63) is 47.7 Å². The number of carbonyl (C=O) groups is 2. The molecular weight excluding hydrogens is 264 g/mol. The standard InChI is InChI=1S/C17H14N2O2/c20-16-12-7-1-2-8-13(12)17(21)19(16)14-9-3-5-11-6-4-10-18-15(11)14/h3-6,9-10H,1-2,7-8H2. The van der Waals surface area contributed by atoms with Crippen LogP contribution < -0.4 is 4.90 Å². The average Bonchev–Trinajstić information content (AvgIpc) is 2.79. The van der Waals surface area contributed by atoms with Crippen LogP contribution in [0, 0.1) is 0 Å². The molecule has 21 heavy (non-hydrogen) atoms. The Morgan fingerprint density at radius 1 is 0.905 bits per heavy atom. The largest absolute Gasteiger partial charge is 0.269 e. The zero-order chi connectivity index (χ0) is 14.4. The normalized spacial score (nSPS) is 18.6. The number of hydrogen-bond donors (Lipinski definition) is 0. The molecule has 0 N–H and O–H groups in total. The van der Waals surface area contributed by atoms with Gasteiger partial charge in [0, 0.05) is 22.7 Å². The van der Waals surface area contributed by atoms with Crippen molar-refractivity contribution in [1.82, 2.24) is 4.98 Å². The molecular formula is C17H14N2O2. The maximum Gasteiger partial charge on any atom is 0.261 e. The fourth-order valence-electron chi connectivity index (χ4n) is 3.23. The topological polar surface area (TPSA) is 50.3 Å². The number of benzene rings is 1. The number of anilines is 1. The van der Waals surface area contributed by atoms with Crippen molar-refractivity contribution >= 4 is 28.4 Å². The molecule has 2 heterocycles. The van der Waals surface area contributed by atoms with E-state index >= 15 is 0 Å². The molecule has 1 aromatic heterocycles. The Labute approximate surface area is 122 Å². The van der Waals surface area contributed by atoms with E-state index in [1.54, 1.807) is 12.3 Å². The fourth-order valence-corrected chi connectivity index (χ4v) is 3.23. The molecule has 104 valence electrons. The summed E-state index contributed by atoms with van der Waals surface area (Å²) in [5.41, 5.74) is 2.71. The summed E-state index contributed by atoms with van der Waals surface area (Å²) < 4.78 is 0. The van der Waals surface area contributed by atoms with Gasteiger partial charge < -0.3 is 0 Å². The van der Waals surface area contributed by atoms with Gasteiger partial charge in [-0.3, -0.25) is 14.6 Å². The van der Waals surface area contributed by atoms with Crippen molar-refractivity contribution in [2.24, 2.45) is 0 Å². The maximum atomic E-state index is 12.6. The van der Waals surface area contributed by atoms with Gasteiger partial charge in [-0.15, -0.1) is 0 Å². The predicted molar refractivity (Wildman–Crippen MR) is 79.7 cm³/mol. The van der Waals surface area contributed by atoms with Crippen LogP contribution >= 0.6 is 0 Å². The lowest BCUT2D eigenvalue weighted by atomic mass is 9.93. The molecule has 0 saturated heterocycles. The van der Waals surface area contributed by atoms with E-state index in [1.807, 2.05) is 24.3 Å². The van der Waals surface area contributed by atoms with Gasteiger partial charge in [0.25, 0.3) is 11.8 Å². The highest BCUT2D eigenvalue weighted by molar-refractivity contribution is 6.34.